The van der Waals surface area contributed by atoms with Gasteiger partial charge in [0.15, 0.2) is 0 Å². The van der Waals surface area contributed by atoms with Crippen LogP contribution in [0.5, 0.6) is 0 Å². The van der Waals surface area contributed by atoms with Crippen LogP contribution in [0.1, 0.15) is 33.6 Å². The van der Waals surface area contributed by atoms with Crippen molar-refractivity contribution in [2.45, 2.75) is 39.7 Å². The van der Waals surface area contributed by atoms with E-state index in [-0.39, 0.29) is 0 Å². The minimum Gasteiger partial charge on any atom is -0.301 e. The highest BCUT2D eigenvalue weighted by molar-refractivity contribution is 4.77. The predicted molar refractivity (Wildman–Crippen MR) is 62.6 cm³/mol. The van der Waals surface area contributed by atoms with Crippen molar-refractivity contribution in [1.82, 2.24) is 9.80 Å². The highest BCUT2D eigenvalue weighted by Crippen LogP contribution is 2.12. The van der Waals surface area contributed by atoms with E-state index in [0.717, 1.165) is 12.0 Å². The molecule has 0 bridgehead atoms. The minimum atomic E-state index is 0.734. The van der Waals surface area contributed by atoms with Gasteiger partial charge in [-0.2, -0.15) is 0 Å². The van der Waals surface area contributed by atoms with Crippen LogP contribution >= 0.6 is 0 Å². The highest BCUT2D eigenvalue weighted by atomic mass is 15.3. The van der Waals surface area contributed by atoms with Crippen molar-refractivity contribution in [1.29, 1.82) is 0 Å². The fourth-order valence-electron chi connectivity index (χ4n) is 2.31. The number of piperazine rings is 1. The van der Waals surface area contributed by atoms with Crippen LogP contribution in [-0.4, -0.2) is 49.1 Å². The van der Waals surface area contributed by atoms with Gasteiger partial charge in [0.05, 0.1) is 0 Å². The lowest BCUT2D eigenvalue weighted by Crippen LogP contribution is -2.50. The maximum absolute atomic E-state index is 2.63. The fraction of sp³-hybridized carbons (Fsp3) is 1.00. The van der Waals surface area contributed by atoms with Gasteiger partial charge in [-0.15, -0.1) is 0 Å². The van der Waals surface area contributed by atoms with Crippen molar-refractivity contribution in [2.75, 3.05) is 33.2 Å². The van der Waals surface area contributed by atoms with Crippen LogP contribution in [0.2, 0.25) is 0 Å². The van der Waals surface area contributed by atoms with E-state index in [1.165, 1.54) is 39.0 Å². The number of hydrogen-bond acceptors (Lipinski definition) is 2. The summed E-state index contributed by atoms with van der Waals surface area (Å²) >= 11 is 0. The normalized spacial score (nSPS) is 27.9. The third-order valence-corrected chi connectivity index (χ3v) is 3.40. The van der Waals surface area contributed by atoms with Gasteiger partial charge in [0.25, 0.3) is 0 Å². The van der Waals surface area contributed by atoms with Crippen molar-refractivity contribution in [3.63, 3.8) is 0 Å². The molecule has 0 spiro atoms. The summed E-state index contributed by atoms with van der Waals surface area (Å²) in [4.78, 5) is 5.09. The monoisotopic (exact) mass is 198 g/mol. The molecule has 2 unspecified atom stereocenters. The Morgan fingerprint density at radius 1 is 1.36 bits per heavy atom. The Morgan fingerprint density at radius 3 is 2.64 bits per heavy atom. The molecule has 0 aromatic rings. The Bertz CT molecular complexity index is 158. The zero-order chi connectivity index (χ0) is 10.6. The molecule has 0 N–H and O–H groups in total. The van der Waals surface area contributed by atoms with Gasteiger partial charge in [-0.25, -0.2) is 0 Å². The summed E-state index contributed by atoms with van der Waals surface area (Å²) in [6.07, 6.45) is 2.70. The molecule has 1 heterocycles. The molecule has 0 amide bonds. The Morgan fingerprint density at radius 2 is 2.07 bits per heavy atom. The predicted octanol–water partition coefficient (Wildman–Crippen LogP) is 2.06. The van der Waals surface area contributed by atoms with E-state index in [1.54, 1.807) is 0 Å². The number of rotatable bonds is 4. The number of nitrogens with zero attached hydrogens (tertiary/aromatic N) is 2. The Kier molecular flexibility index (Phi) is 4.90. The van der Waals surface area contributed by atoms with Gasteiger partial charge >= 0.3 is 0 Å². The fourth-order valence-corrected chi connectivity index (χ4v) is 2.31. The van der Waals surface area contributed by atoms with Crippen LogP contribution in [0.25, 0.3) is 0 Å². The van der Waals surface area contributed by atoms with E-state index in [2.05, 4.69) is 37.6 Å². The summed E-state index contributed by atoms with van der Waals surface area (Å²) in [5.74, 6) is 0.871. The Hall–Kier alpha value is -0.0800. The largest absolute Gasteiger partial charge is 0.301 e. The van der Waals surface area contributed by atoms with Crippen LogP contribution in [0.4, 0.5) is 0 Å². The van der Waals surface area contributed by atoms with E-state index in [1.807, 2.05) is 0 Å². The lowest BCUT2D eigenvalue weighted by atomic mass is 10.0. The van der Waals surface area contributed by atoms with Crippen LogP contribution < -0.4 is 0 Å². The molecule has 1 rings (SSSR count). The van der Waals surface area contributed by atoms with Crippen molar-refractivity contribution in [2.24, 2.45) is 5.92 Å². The molecule has 1 aliphatic rings. The second kappa shape index (κ2) is 5.72. The minimum absolute atomic E-state index is 0.734. The molecule has 2 nitrogen and oxygen atoms in total. The highest BCUT2D eigenvalue weighted by Gasteiger charge is 2.21. The van der Waals surface area contributed by atoms with E-state index in [0.29, 0.717) is 0 Å². The molecule has 1 fully saturated rings. The van der Waals surface area contributed by atoms with Gasteiger partial charge < -0.3 is 9.80 Å². The first-order valence-electron chi connectivity index (χ1n) is 6.06. The Balaban J connectivity index is 2.25. The Labute approximate surface area is 89.3 Å². The van der Waals surface area contributed by atoms with Gasteiger partial charge in [0.1, 0.15) is 0 Å². The molecular formula is C12H26N2. The van der Waals surface area contributed by atoms with Crippen molar-refractivity contribution >= 4 is 0 Å². The first-order valence-corrected chi connectivity index (χ1v) is 6.06. The zero-order valence-electron chi connectivity index (χ0n) is 10.3. The molecule has 0 saturated carbocycles. The number of likely N-dealkylation sites (N-methyl/N-ethyl adjacent to an activating group) is 1. The SMILES string of the molecule is CCCC(C)CN1CCN(C)C(C)C1. The molecule has 2 heteroatoms. The molecular weight excluding hydrogens is 172 g/mol. The van der Waals surface area contributed by atoms with E-state index in [9.17, 15) is 0 Å². The van der Waals surface area contributed by atoms with E-state index >= 15 is 0 Å². The van der Waals surface area contributed by atoms with Gasteiger partial charge in [0.2, 0.25) is 0 Å². The van der Waals surface area contributed by atoms with Crippen molar-refractivity contribution in [3.8, 4) is 0 Å². The van der Waals surface area contributed by atoms with Crippen molar-refractivity contribution < 1.29 is 0 Å². The third-order valence-electron chi connectivity index (χ3n) is 3.40. The first kappa shape index (κ1) is 12.0. The second-order valence-electron chi connectivity index (χ2n) is 4.98. The lowest BCUT2D eigenvalue weighted by molar-refractivity contribution is 0.0931. The quantitative estimate of drug-likeness (QED) is 0.682. The molecule has 0 aromatic carbocycles. The molecule has 1 aliphatic heterocycles. The van der Waals surface area contributed by atoms with Crippen LogP contribution in [-0.2, 0) is 0 Å². The van der Waals surface area contributed by atoms with Crippen LogP contribution in [0, 0.1) is 5.92 Å². The van der Waals surface area contributed by atoms with Crippen molar-refractivity contribution in [3.05, 3.63) is 0 Å². The van der Waals surface area contributed by atoms with E-state index < -0.39 is 0 Å². The summed E-state index contributed by atoms with van der Waals surface area (Å²) in [6, 6.07) is 0.734. The topological polar surface area (TPSA) is 6.48 Å². The number of hydrogen-bond donors (Lipinski definition) is 0. The van der Waals surface area contributed by atoms with Gasteiger partial charge in [-0.3, -0.25) is 0 Å². The van der Waals surface area contributed by atoms with Gasteiger partial charge in [-0.1, -0.05) is 20.3 Å². The lowest BCUT2D eigenvalue weighted by Gasteiger charge is -2.38. The average Bonchev–Trinajstić information content (AvgIpc) is 2.12. The van der Waals surface area contributed by atoms with Gasteiger partial charge in [-0.05, 0) is 26.3 Å². The zero-order valence-corrected chi connectivity index (χ0v) is 10.3. The summed E-state index contributed by atoms with van der Waals surface area (Å²) in [7, 11) is 2.23. The first-order chi connectivity index (χ1) is 6.63. The molecule has 14 heavy (non-hydrogen) atoms. The molecule has 0 aromatic heterocycles. The second-order valence-corrected chi connectivity index (χ2v) is 4.98. The van der Waals surface area contributed by atoms with E-state index in [4.69, 9.17) is 0 Å². The standard InChI is InChI=1S/C12H26N2/c1-5-6-11(2)9-14-8-7-13(4)12(3)10-14/h11-12H,5-10H2,1-4H3. The summed E-state index contributed by atoms with van der Waals surface area (Å²) in [6.45, 7) is 12.0. The van der Waals surface area contributed by atoms with Crippen LogP contribution in [0.15, 0.2) is 0 Å². The maximum Gasteiger partial charge on any atom is 0.0192 e. The summed E-state index contributed by atoms with van der Waals surface area (Å²) in [5, 5.41) is 0. The smallest absolute Gasteiger partial charge is 0.0192 e. The maximum atomic E-state index is 2.63. The molecule has 0 aliphatic carbocycles. The average molecular weight is 198 g/mol. The molecule has 1 saturated heterocycles. The summed E-state index contributed by atoms with van der Waals surface area (Å²) in [5.41, 5.74) is 0. The molecule has 84 valence electrons. The summed E-state index contributed by atoms with van der Waals surface area (Å²) < 4.78 is 0. The third kappa shape index (κ3) is 3.58. The van der Waals surface area contributed by atoms with Crippen LogP contribution in [0.3, 0.4) is 0 Å². The molecule has 2 atom stereocenters. The molecule has 0 radical (unpaired) electrons. The van der Waals surface area contributed by atoms with Gasteiger partial charge in [0, 0.05) is 32.2 Å².